The molecule has 1 aromatic heterocycles. The zero-order valence-corrected chi connectivity index (χ0v) is 10.3. The van der Waals surface area contributed by atoms with Crippen LogP contribution in [0, 0.1) is 0 Å². The number of halogens is 4. The molecule has 10 heteroatoms. The van der Waals surface area contributed by atoms with Gasteiger partial charge in [0.15, 0.2) is 0 Å². The molecule has 1 heterocycles. The molecule has 0 fully saturated rings. The summed E-state index contributed by atoms with van der Waals surface area (Å²) in [5.41, 5.74) is -0.182. The zero-order valence-electron chi connectivity index (χ0n) is 7.91. The fourth-order valence-electron chi connectivity index (χ4n) is 0.846. The fourth-order valence-corrected chi connectivity index (χ4v) is 2.79. The maximum atomic E-state index is 11.8. The molecule has 0 aliphatic rings. The highest BCUT2D eigenvalue weighted by molar-refractivity contribution is 8.15. The van der Waals surface area contributed by atoms with Crippen LogP contribution < -0.4 is 5.32 Å². The number of nitrogens with one attached hydrogen (secondary N) is 1. The van der Waals surface area contributed by atoms with E-state index in [1.807, 2.05) is 0 Å². The Kier molecular flexibility index (Phi) is 4.05. The van der Waals surface area contributed by atoms with E-state index in [-0.39, 0.29) is 9.77 Å². The molecule has 1 amide bonds. The van der Waals surface area contributed by atoms with Gasteiger partial charge in [0.25, 0.3) is 15.0 Å². The monoisotopic (exact) mass is 307 g/mol. The van der Waals surface area contributed by atoms with Gasteiger partial charge in [-0.15, -0.1) is 11.3 Å². The molecule has 0 saturated heterocycles. The maximum Gasteiger partial charge on any atom is 0.405 e. The molecule has 0 saturated carbocycles. The van der Waals surface area contributed by atoms with E-state index in [2.05, 4.69) is 0 Å². The van der Waals surface area contributed by atoms with Gasteiger partial charge < -0.3 is 5.32 Å². The maximum absolute atomic E-state index is 11.8. The second-order valence-corrected chi connectivity index (χ2v) is 6.59. The molecular formula is C7H5ClF3NO3S2. The van der Waals surface area contributed by atoms with Gasteiger partial charge in [-0.05, 0) is 6.07 Å². The first-order chi connectivity index (χ1) is 7.59. The third kappa shape index (κ3) is 4.52. The Labute approximate surface area is 103 Å². The summed E-state index contributed by atoms with van der Waals surface area (Å²) in [5.74, 6) is -1.01. The summed E-state index contributed by atoms with van der Waals surface area (Å²) in [6, 6.07) is 0.915. The first-order valence-electron chi connectivity index (χ1n) is 3.98. The SMILES string of the molecule is O=C(NCC(F)(F)F)c1csc(S(=O)(=O)Cl)c1. The highest BCUT2D eigenvalue weighted by Gasteiger charge is 2.28. The predicted molar refractivity (Wildman–Crippen MR) is 55.7 cm³/mol. The summed E-state index contributed by atoms with van der Waals surface area (Å²) in [6.07, 6.45) is -4.52. The van der Waals surface area contributed by atoms with Crippen molar-refractivity contribution in [3.05, 3.63) is 17.0 Å². The van der Waals surface area contributed by atoms with Crippen LogP contribution in [-0.4, -0.2) is 27.0 Å². The van der Waals surface area contributed by atoms with Gasteiger partial charge in [-0.1, -0.05) is 0 Å². The summed E-state index contributed by atoms with van der Waals surface area (Å²) in [4.78, 5) is 11.2. The van der Waals surface area contributed by atoms with Crippen molar-refractivity contribution in [3.63, 3.8) is 0 Å². The minimum absolute atomic E-state index is 0.182. The van der Waals surface area contributed by atoms with E-state index in [1.165, 1.54) is 0 Å². The van der Waals surface area contributed by atoms with Crippen LogP contribution in [-0.2, 0) is 9.05 Å². The lowest BCUT2D eigenvalue weighted by atomic mass is 10.3. The van der Waals surface area contributed by atoms with Crippen LogP contribution in [0.3, 0.4) is 0 Å². The number of rotatable bonds is 3. The lowest BCUT2D eigenvalue weighted by Crippen LogP contribution is -2.33. The minimum atomic E-state index is -4.52. The first-order valence-corrected chi connectivity index (χ1v) is 7.16. The van der Waals surface area contributed by atoms with Crippen LogP contribution in [0.15, 0.2) is 15.7 Å². The Bertz CT molecular complexity index is 523. The number of hydrogen-bond acceptors (Lipinski definition) is 4. The Morgan fingerprint density at radius 3 is 2.47 bits per heavy atom. The van der Waals surface area contributed by atoms with Crippen molar-refractivity contribution in [1.82, 2.24) is 5.32 Å². The molecule has 96 valence electrons. The summed E-state index contributed by atoms with van der Waals surface area (Å²) >= 11 is 0.656. The number of alkyl halides is 3. The summed E-state index contributed by atoms with van der Waals surface area (Å²) in [6.45, 7) is -1.48. The Balaban J connectivity index is 2.75. The van der Waals surface area contributed by atoms with Gasteiger partial charge in [0.1, 0.15) is 10.8 Å². The van der Waals surface area contributed by atoms with Crippen molar-refractivity contribution in [3.8, 4) is 0 Å². The van der Waals surface area contributed by atoms with E-state index in [4.69, 9.17) is 10.7 Å². The molecule has 17 heavy (non-hydrogen) atoms. The van der Waals surface area contributed by atoms with Gasteiger partial charge >= 0.3 is 6.18 Å². The molecule has 0 spiro atoms. The number of hydrogen-bond donors (Lipinski definition) is 1. The summed E-state index contributed by atoms with van der Waals surface area (Å²) < 4.78 is 56.8. The molecule has 1 N–H and O–H groups in total. The standard InChI is InChI=1S/C7H5ClF3NO3S2/c8-17(14,15)5-1-4(2-16-5)6(13)12-3-7(9,10)11/h1-2H,3H2,(H,12,13). The number of thiophene rings is 1. The van der Waals surface area contributed by atoms with E-state index >= 15 is 0 Å². The molecule has 0 radical (unpaired) electrons. The average molecular weight is 308 g/mol. The lowest BCUT2D eigenvalue weighted by Gasteiger charge is -2.06. The number of carbonyl (C=O) groups excluding carboxylic acids is 1. The van der Waals surface area contributed by atoms with Gasteiger partial charge in [0, 0.05) is 16.1 Å². The van der Waals surface area contributed by atoms with Crippen LogP contribution in [0.2, 0.25) is 0 Å². The number of carbonyl (C=O) groups is 1. The third-order valence-electron chi connectivity index (χ3n) is 1.53. The molecule has 1 aromatic rings. The van der Waals surface area contributed by atoms with E-state index in [0.29, 0.717) is 11.3 Å². The van der Waals surface area contributed by atoms with Crippen molar-refractivity contribution < 1.29 is 26.4 Å². The molecule has 4 nitrogen and oxygen atoms in total. The minimum Gasteiger partial charge on any atom is -0.343 e. The molecular weight excluding hydrogens is 303 g/mol. The highest BCUT2D eigenvalue weighted by atomic mass is 35.7. The molecule has 0 aliphatic carbocycles. The Hall–Kier alpha value is -0.800. The second-order valence-electron chi connectivity index (χ2n) is 2.89. The quantitative estimate of drug-likeness (QED) is 0.868. The molecule has 0 unspecified atom stereocenters. The molecule has 0 aromatic carbocycles. The summed E-state index contributed by atoms with van der Waals surface area (Å²) in [5, 5.41) is 2.72. The largest absolute Gasteiger partial charge is 0.405 e. The van der Waals surface area contributed by atoms with Crippen LogP contribution >= 0.6 is 22.0 Å². The van der Waals surface area contributed by atoms with Crippen molar-refractivity contribution >= 4 is 37.0 Å². The normalized spacial score (nSPS) is 12.5. The molecule has 1 rings (SSSR count). The lowest BCUT2D eigenvalue weighted by molar-refractivity contribution is -0.123. The van der Waals surface area contributed by atoms with Crippen LogP contribution in [0.4, 0.5) is 13.2 Å². The second kappa shape index (κ2) is 4.83. The number of amides is 1. The molecule has 0 atom stereocenters. The smallest absolute Gasteiger partial charge is 0.343 e. The van der Waals surface area contributed by atoms with Crippen LogP contribution in [0.1, 0.15) is 10.4 Å². The predicted octanol–water partition coefficient (Wildman–Crippen LogP) is 1.97. The van der Waals surface area contributed by atoms with E-state index < -0.39 is 27.7 Å². The molecule has 0 bridgehead atoms. The van der Waals surface area contributed by atoms with Crippen molar-refractivity contribution in [1.29, 1.82) is 0 Å². The fraction of sp³-hybridized carbons (Fsp3) is 0.286. The first kappa shape index (κ1) is 14.3. The Morgan fingerprint density at radius 2 is 2.06 bits per heavy atom. The van der Waals surface area contributed by atoms with Gasteiger partial charge in [-0.2, -0.15) is 13.2 Å². The van der Waals surface area contributed by atoms with Crippen LogP contribution in [0.25, 0.3) is 0 Å². The Morgan fingerprint density at radius 1 is 1.47 bits per heavy atom. The van der Waals surface area contributed by atoms with Gasteiger partial charge in [0.2, 0.25) is 0 Å². The zero-order chi connectivity index (χ0) is 13.3. The van der Waals surface area contributed by atoms with E-state index in [0.717, 1.165) is 11.4 Å². The van der Waals surface area contributed by atoms with Gasteiger partial charge in [0.05, 0.1) is 5.56 Å². The van der Waals surface area contributed by atoms with Crippen molar-refractivity contribution in [2.75, 3.05) is 6.54 Å². The van der Waals surface area contributed by atoms with E-state index in [9.17, 15) is 26.4 Å². The van der Waals surface area contributed by atoms with Gasteiger partial charge in [-0.25, -0.2) is 8.42 Å². The summed E-state index contributed by atoms with van der Waals surface area (Å²) in [7, 11) is 1.03. The van der Waals surface area contributed by atoms with Crippen molar-refractivity contribution in [2.45, 2.75) is 10.4 Å². The van der Waals surface area contributed by atoms with Crippen LogP contribution in [0.5, 0.6) is 0 Å². The van der Waals surface area contributed by atoms with Crippen molar-refractivity contribution in [2.24, 2.45) is 0 Å². The van der Waals surface area contributed by atoms with Gasteiger partial charge in [-0.3, -0.25) is 4.79 Å². The topological polar surface area (TPSA) is 63.2 Å². The average Bonchev–Trinajstić information content (AvgIpc) is 2.60. The highest BCUT2D eigenvalue weighted by Crippen LogP contribution is 2.23. The molecule has 0 aliphatic heterocycles. The van der Waals surface area contributed by atoms with E-state index in [1.54, 1.807) is 5.32 Å². The third-order valence-corrected chi connectivity index (χ3v) is 4.57.